The Morgan fingerprint density at radius 3 is 2.06 bits per heavy atom. The van der Waals surface area contributed by atoms with Gasteiger partial charge in [-0.15, -0.1) is 0 Å². The molecule has 0 radical (unpaired) electrons. The maximum absolute atomic E-state index is 5.90. The van der Waals surface area contributed by atoms with Gasteiger partial charge in [0, 0.05) is 52.5 Å². The van der Waals surface area contributed by atoms with Crippen LogP contribution in [0.1, 0.15) is 31.7 Å². The van der Waals surface area contributed by atoms with Crippen LogP contribution >= 0.6 is 0 Å². The molecule has 0 unspecified atom stereocenters. The van der Waals surface area contributed by atoms with Crippen molar-refractivity contribution in [3.63, 3.8) is 0 Å². The van der Waals surface area contributed by atoms with Crippen LogP contribution in [0.2, 0.25) is 0 Å². The Morgan fingerprint density at radius 2 is 1.32 bits per heavy atom. The lowest BCUT2D eigenvalue weighted by atomic mass is 9.99. The highest BCUT2D eigenvalue weighted by molar-refractivity contribution is 5.26. The zero-order valence-electron chi connectivity index (χ0n) is 21.6. The molecule has 3 rings (SSSR count). The molecule has 0 amide bonds. The number of nitrogens with zero attached hydrogens (tertiary/aromatic N) is 3. The largest absolute Gasteiger partial charge is 0.492 e. The average Bonchev–Trinajstić information content (AvgIpc) is 2.86. The minimum atomic E-state index is 0.601. The molecule has 34 heavy (non-hydrogen) atoms. The van der Waals surface area contributed by atoms with E-state index in [1.165, 1.54) is 25.9 Å². The predicted molar refractivity (Wildman–Crippen MR) is 137 cm³/mol. The summed E-state index contributed by atoms with van der Waals surface area (Å²) in [6, 6.07) is 8.22. The van der Waals surface area contributed by atoms with Crippen LogP contribution in [0.4, 0.5) is 0 Å². The summed E-state index contributed by atoms with van der Waals surface area (Å²) in [7, 11) is 2.18. The molecule has 0 saturated carbocycles. The molecule has 2 heterocycles. The van der Waals surface area contributed by atoms with Crippen molar-refractivity contribution < 1.29 is 18.9 Å². The lowest BCUT2D eigenvalue weighted by Crippen LogP contribution is -2.45. The van der Waals surface area contributed by atoms with E-state index < -0.39 is 0 Å². The van der Waals surface area contributed by atoms with Gasteiger partial charge in [0.1, 0.15) is 12.4 Å². The van der Waals surface area contributed by atoms with Gasteiger partial charge in [-0.1, -0.05) is 19.1 Å². The highest BCUT2D eigenvalue weighted by Crippen LogP contribution is 2.15. The Balaban J connectivity index is 1.10. The van der Waals surface area contributed by atoms with Crippen LogP contribution in [0, 0.1) is 5.92 Å². The van der Waals surface area contributed by atoms with Gasteiger partial charge in [0.05, 0.1) is 26.4 Å². The summed E-state index contributed by atoms with van der Waals surface area (Å²) in [5.41, 5.74) is 1.16. The van der Waals surface area contributed by atoms with E-state index in [2.05, 4.69) is 40.8 Å². The quantitative estimate of drug-likeness (QED) is 0.339. The maximum Gasteiger partial charge on any atom is 0.119 e. The third-order valence-corrected chi connectivity index (χ3v) is 6.84. The standard InChI is InChI=1S/C27H47N3O4/c1-25-8-10-29(11-9-25)16-20-31-18-3-19-32-22-23-33-24-26-4-6-27(7-5-26)34-21-17-30-14-12-28(2)13-15-30/h4-7,25H,3,8-24H2,1-2H3. The molecule has 2 fully saturated rings. The molecule has 0 aromatic heterocycles. The van der Waals surface area contributed by atoms with E-state index in [0.29, 0.717) is 19.8 Å². The van der Waals surface area contributed by atoms with E-state index in [1.807, 2.05) is 12.1 Å². The molecule has 2 aliphatic heterocycles. The third-order valence-electron chi connectivity index (χ3n) is 6.84. The van der Waals surface area contributed by atoms with Crippen LogP contribution in [-0.2, 0) is 20.8 Å². The number of likely N-dealkylation sites (tertiary alicyclic amines) is 1. The Labute approximate surface area is 207 Å². The Kier molecular flexibility index (Phi) is 13.2. The van der Waals surface area contributed by atoms with Crippen molar-refractivity contribution in [1.82, 2.24) is 14.7 Å². The summed E-state index contributed by atoms with van der Waals surface area (Å²) in [6.07, 6.45) is 3.59. The number of piperidine rings is 1. The maximum atomic E-state index is 5.90. The zero-order chi connectivity index (χ0) is 23.8. The molecule has 0 atom stereocenters. The zero-order valence-corrected chi connectivity index (χ0v) is 21.6. The second-order valence-electron chi connectivity index (χ2n) is 9.79. The van der Waals surface area contributed by atoms with Gasteiger partial charge in [-0.3, -0.25) is 4.90 Å². The smallest absolute Gasteiger partial charge is 0.119 e. The molecular weight excluding hydrogens is 430 g/mol. The Hall–Kier alpha value is -1.22. The summed E-state index contributed by atoms with van der Waals surface area (Å²) in [5.74, 6) is 1.81. The fourth-order valence-electron chi connectivity index (χ4n) is 4.30. The summed E-state index contributed by atoms with van der Waals surface area (Å²) < 4.78 is 23.0. The number of piperazine rings is 1. The van der Waals surface area contributed by atoms with Crippen LogP contribution in [0.15, 0.2) is 24.3 Å². The molecule has 7 heteroatoms. The minimum absolute atomic E-state index is 0.601. The SMILES string of the molecule is CC1CCN(CCOCCCOCCOCc2ccc(OCCN3CCN(C)CC3)cc2)CC1. The van der Waals surface area contributed by atoms with Gasteiger partial charge in [-0.2, -0.15) is 0 Å². The molecule has 2 saturated heterocycles. The van der Waals surface area contributed by atoms with Gasteiger partial charge < -0.3 is 28.7 Å². The number of hydrogen-bond donors (Lipinski definition) is 0. The van der Waals surface area contributed by atoms with Crippen LogP contribution in [-0.4, -0.2) is 114 Å². The molecule has 0 bridgehead atoms. The minimum Gasteiger partial charge on any atom is -0.492 e. The van der Waals surface area contributed by atoms with Crippen LogP contribution in [0.3, 0.4) is 0 Å². The lowest BCUT2D eigenvalue weighted by Gasteiger charge is -2.32. The van der Waals surface area contributed by atoms with Crippen molar-refractivity contribution in [2.24, 2.45) is 5.92 Å². The summed E-state index contributed by atoms with van der Waals surface area (Å²) in [4.78, 5) is 7.36. The van der Waals surface area contributed by atoms with E-state index in [1.54, 1.807) is 0 Å². The molecule has 1 aromatic carbocycles. The van der Waals surface area contributed by atoms with Crippen molar-refractivity contribution in [3.05, 3.63) is 29.8 Å². The van der Waals surface area contributed by atoms with Crippen molar-refractivity contribution >= 4 is 0 Å². The van der Waals surface area contributed by atoms with E-state index in [9.17, 15) is 0 Å². The first-order valence-electron chi connectivity index (χ1n) is 13.3. The number of hydrogen-bond acceptors (Lipinski definition) is 7. The highest BCUT2D eigenvalue weighted by atomic mass is 16.5. The summed E-state index contributed by atoms with van der Waals surface area (Å²) in [6.45, 7) is 16.3. The fourth-order valence-corrected chi connectivity index (χ4v) is 4.30. The monoisotopic (exact) mass is 477 g/mol. The number of ether oxygens (including phenoxy) is 4. The number of likely N-dealkylation sites (N-methyl/N-ethyl adjacent to an activating group) is 1. The molecule has 0 aliphatic carbocycles. The molecule has 0 N–H and O–H groups in total. The van der Waals surface area contributed by atoms with Crippen molar-refractivity contribution in [1.29, 1.82) is 0 Å². The van der Waals surface area contributed by atoms with Crippen LogP contribution in [0.5, 0.6) is 5.75 Å². The van der Waals surface area contributed by atoms with Gasteiger partial charge in [0.2, 0.25) is 0 Å². The first-order valence-corrected chi connectivity index (χ1v) is 13.3. The first kappa shape index (κ1) is 27.4. The lowest BCUT2D eigenvalue weighted by molar-refractivity contribution is 0.0273. The Bertz CT molecular complexity index is 629. The van der Waals surface area contributed by atoms with Crippen molar-refractivity contribution in [2.75, 3.05) is 99.0 Å². The van der Waals surface area contributed by atoms with Gasteiger partial charge in [0.25, 0.3) is 0 Å². The highest BCUT2D eigenvalue weighted by Gasteiger charge is 2.15. The van der Waals surface area contributed by atoms with Crippen molar-refractivity contribution in [3.8, 4) is 5.75 Å². The Morgan fingerprint density at radius 1 is 0.706 bits per heavy atom. The summed E-state index contributed by atoms with van der Waals surface area (Å²) >= 11 is 0. The normalized spacial score (nSPS) is 19.0. The van der Waals surface area contributed by atoms with Gasteiger partial charge in [0.15, 0.2) is 0 Å². The molecule has 1 aromatic rings. The summed E-state index contributed by atoms with van der Waals surface area (Å²) in [5, 5.41) is 0. The van der Waals surface area contributed by atoms with E-state index in [4.69, 9.17) is 18.9 Å². The van der Waals surface area contributed by atoms with Crippen LogP contribution < -0.4 is 4.74 Å². The third kappa shape index (κ3) is 11.5. The average molecular weight is 478 g/mol. The molecular formula is C27H47N3O4. The second-order valence-corrected chi connectivity index (χ2v) is 9.79. The predicted octanol–water partition coefficient (Wildman–Crippen LogP) is 2.98. The molecule has 0 spiro atoms. The number of rotatable bonds is 16. The van der Waals surface area contributed by atoms with E-state index >= 15 is 0 Å². The molecule has 194 valence electrons. The first-order chi connectivity index (χ1) is 16.7. The fraction of sp³-hybridized carbons (Fsp3) is 0.778. The van der Waals surface area contributed by atoms with E-state index in [0.717, 1.165) is 89.3 Å². The number of benzene rings is 1. The molecule has 2 aliphatic rings. The van der Waals surface area contributed by atoms with Crippen LogP contribution in [0.25, 0.3) is 0 Å². The van der Waals surface area contributed by atoms with Gasteiger partial charge in [-0.25, -0.2) is 0 Å². The topological polar surface area (TPSA) is 46.6 Å². The van der Waals surface area contributed by atoms with Gasteiger partial charge in [-0.05, 0) is 63.0 Å². The van der Waals surface area contributed by atoms with Gasteiger partial charge >= 0.3 is 0 Å². The molecule has 7 nitrogen and oxygen atoms in total. The second kappa shape index (κ2) is 16.5. The van der Waals surface area contributed by atoms with E-state index in [-0.39, 0.29) is 0 Å². The van der Waals surface area contributed by atoms with Crippen molar-refractivity contribution in [2.45, 2.75) is 32.8 Å².